The molecule has 0 saturated heterocycles. The van der Waals surface area contributed by atoms with Crippen LogP contribution in [0.2, 0.25) is 0 Å². The van der Waals surface area contributed by atoms with Crippen LogP contribution in [0.15, 0.2) is 12.2 Å². The second-order valence-electron chi connectivity index (χ2n) is 14.5. The molecule has 302 valence electrons. The number of phosphoric acid groups is 1. The van der Waals surface area contributed by atoms with E-state index in [1.165, 1.54) is 109 Å². The molecule has 0 aliphatic carbocycles. The average Bonchev–Trinajstić information content (AvgIpc) is 3.09. The molecule has 1 unspecified atom stereocenters. The van der Waals surface area contributed by atoms with Gasteiger partial charge in [-0.05, 0) is 52.6 Å². The number of unbranched alkanes of at least 4 members (excludes halogenated alkanes) is 23. The lowest BCUT2D eigenvalue weighted by atomic mass is 10.0. The minimum Gasteiger partial charge on any atom is -0.462 e. The van der Waals surface area contributed by atoms with Crippen molar-refractivity contribution in [3.8, 4) is 0 Å². The zero-order valence-electron chi connectivity index (χ0n) is 33.6. The third-order valence-corrected chi connectivity index (χ3v) is 10.1. The fourth-order valence-electron chi connectivity index (χ4n) is 5.80. The third kappa shape index (κ3) is 38.3. The molecule has 0 amide bonds. The summed E-state index contributed by atoms with van der Waals surface area (Å²) in [7, 11) is -0.705. The zero-order valence-corrected chi connectivity index (χ0v) is 34.5. The van der Waals surface area contributed by atoms with E-state index in [0.717, 1.165) is 51.4 Å². The third-order valence-electron chi connectivity index (χ3n) is 9.07. The molecule has 0 aromatic carbocycles. The lowest BCUT2D eigenvalue weighted by Crippen LogP contribution is -2.29. The van der Waals surface area contributed by atoms with Crippen LogP contribution < -0.4 is 0 Å². The van der Waals surface area contributed by atoms with E-state index >= 15 is 0 Å². The number of carbonyl (C=O) groups excluding carboxylic acids is 2. The van der Waals surface area contributed by atoms with Gasteiger partial charge in [-0.1, -0.05) is 154 Å². The van der Waals surface area contributed by atoms with Gasteiger partial charge in [0.2, 0.25) is 0 Å². The summed E-state index contributed by atoms with van der Waals surface area (Å²) in [6.07, 6.45) is 35.3. The first kappa shape index (κ1) is 49.8. The predicted octanol–water partition coefficient (Wildman–Crippen LogP) is 11.7. The highest BCUT2D eigenvalue weighted by Crippen LogP contribution is 2.43. The van der Waals surface area contributed by atoms with Crippen molar-refractivity contribution in [1.29, 1.82) is 0 Å². The molecule has 0 aromatic heterocycles. The smallest absolute Gasteiger partial charge is 0.462 e. The van der Waals surface area contributed by atoms with E-state index in [2.05, 4.69) is 26.0 Å². The summed E-state index contributed by atoms with van der Waals surface area (Å²) in [6.45, 7) is 4.32. The molecule has 1 N–H and O–H groups in total. The summed E-state index contributed by atoms with van der Waals surface area (Å²) >= 11 is 0. The first-order valence-corrected chi connectivity index (χ1v) is 22.5. The number of likely N-dealkylation sites (N-methyl/N-ethyl adjacent to an activating group) is 1. The summed E-state index contributed by atoms with van der Waals surface area (Å²) in [4.78, 5) is 36.9. The Morgan fingerprint density at radius 1 is 0.588 bits per heavy atom. The zero-order chi connectivity index (χ0) is 37.7. The highest BCUT2D eigenvalue weighted by Gasteiger charge is 2.26. The molecule has 0 heterocycles. The molecule has 0 bridgehead atoms. The lowest BCUT2D eigenvalue weighted by Gasteiger charge is -2.20. The van der Waals surface area contributed by atoms with Gasteiger partial charge in [-0.2, -0.15) is 0 Å². The molecular weight excluding hydrogens is 665 g/mol. The van der Waals surface area contributed by atoms with Crippen molar-refractivity contribution in [1.82, 2.24) is 4.90 Å². The summed E-state index contributed by atoms with van der Waals surface area (Å²) in [5.41, 5.74) is 0. The maximum Gasteiger partial charge on any atom is 0.472 e. The van der Waals surface area contributed by atoms with Gasteiger partial charge < -0.3 is 19.3 Å². The molecule has 9 nitrogen and oxygen atoms in total. The van der Waals surface area contributed by atoms with E-state index in [1.54, 1.807) is 0 Å². The Morgan fingerprint density at radius 2 is 1.00 bits per heavy atom. The number of phosphoric ester groups is 1. The van der Waals surface area contributed by atoms with Crippen LogP contribution >= 0.6 is 7.82 Å². The van der Waals surface area contributed by atoms with Crippen molar-refractivity contribution in [3.63, 3.8) is 0 Å². The van der Waals surface area contributed by atoms with Crippen molar-refractivity contribution in [2.45, 2.75) is 200 Å². The molecule has 0 spiro atoms. The molecule has 51 heavy (non-hydrogen) atoms. The first-order chi connectivity index (χ1) is 24.7. The standard InChI is InChI=1S/C41H80NO8P/c1-5-7-9-11-13-15-17-19-20-22-23-25-27-29-31-33-40(43)47-37-39(38-49-51(45,46)48-36-35-42(3)4)50-41(44)34-32-30-28-26-24-21-18-16-14-12-10-8-6-2/h19-20,39H,5-18,21-38H2,1-4H3,(H,45,46)/b20-19-/t39-/m1/s1. The Labute approximate surface area is 314 Å². The molecule has 0 fully saturated rings. The Bertz CT molecular complexity index is 869. The monoisotopic (exact) mass is 746 g/mol. The van der Waals surface area contributed by atoms with E-state index in [9.17, 15) is 19.0 Å². The minimum absolute atomic E-state index is 0.00915. The van der Waals surface area contributed by atoms with Crippen LogP contribution in [-0.4, -0.2) is 68.3 Å². The van der Waals surface area contributed by atoms with Crippen LogP contribution in [0.25, 0.3) is 0 Å². The fraction of sp³-hybridized carbons (Fsp3) is 0.902. The van der Waals surface area contributed by atoms with Gasteiger partial charge in [0.15, 0.2) is 6.10 Å². The number of esters is 2. The van der Waals surface area contributed by atoms with Crippen molar-refractivity contribution < 1.29 is 37.6 Å². The van der Waals surface area contributed by atoms with Crippen molar-refractivity contribution >= 4 is 19.8 Å². The van der Waals surface area contributed by atoms with Crippen molar-refractivity contribution in [2.24, 2.45) is 0 Å². The van der Waals surface area contributed by atoms with E-state index in [-0.39, 0.29) is 32.0 Å². The number of nitrogens with zero attached hydrogens (tertiary/aromatic N) is 1. The minimum atomic E-state index is -4.35. The number of hydrogen-bond acceptors (Lipinski definition) is 8. The average molecular weight is 746 g/mol. The highest BCUT2D eigenvalue weighted by atomic mass is 31.2. The quantitative estimate of drug-likeness (QED) is 0.0284. The van der Waals surface area contributed by atoms with Crippen LogP contribution in [0.1, 0.15) is 194 Å². The highest BCUT2D eigenvalue weighted by molar-refractivity contribution is 7.47. The van der Waals surface area contributed by atoms with Crippen LogP contribution in [-0.2, 0) is 32.7 Å². The lowest BCUT2D eigenvalue weighted by molar-refractivity contribution is -0.161. The van der Waals surface area contributed by atoms with Crippen molar-refractivity contribution in [2.75, 3.05) is 40.5 Å². The summed E-state index contributed by atoms with van der Waals surface area (Å²) in [5, 5.41) is 0. The van der Waals surface area contributed by atoms with E-state index in [0.29, 0.717) is 13.0 Å². The Hall–Kier alpha value is -1.25. The van der Waals surface area contributed by atoms with Gasteiger partial charge in [0.05, 0.1) is 13.2 Å². The van der Waals surface area contributed by atoms with Crippen LogP contribution in [0, 0.1) is 0 Å². The van der Waals surface area contributed by atoms with Gasteiger partial charge in [-0.3, -0.25) is 18.6 Å². The summed E-state index contributed by atoms with van der Waals surface area (Å²) < 4.78 is 33.4. The van der Waals surface area contributed by atoms with Gasteiger partial charge in [0.1, 0.15) is 6.61 Å². The molecule has 2 atom stereocenters. The second-order valence-corrected chi connectivity index (χ2v) is 16.0. The molecule has 0 aliphatic heterocycles. The second kappa shape index (κ2) is 37.1. The van der Waals surface area contributed by atoms with Crippen LogP contribution in [0.4, 0.5) is 0 Å². The van der Waals surface area contributed by atoms with Crippen molar-refractivity contribution in [3.05, 3.63) is 12.2 Å². The molecule has 10 heteroatoms. The van der Waals surface area contributed by atoms with E-state index in [4.69, 9.17) is 18.5 Å². The Kier molecular flexibility index (Phi) is 36.2. The first-order valence-electron chi connectivity index (χ1n) is 21.0. The Balaban J connectivity index is 4.30. The van der Waals surface area contributed by atoms with Crippen LogP contribution in [0.5, 0.6) is 0 Å². The maximum atomic E-state index is 12.6. The molecule has 0 radical (unpaired) electrons. The number of hydrogen-bond donors (Lipinski definition) is 1. The van der Waals surface area contributed by atoms with Gasteiger partial charge in [-0.15, -0.1) is 0 Å². The Morgan fingerprint density at radius 3 is 1.45 bits per heavy atom. The van der Waals surface area contributed by atoms with Gasteiger partial charge in [0, 0.05) is 19.4 Å². The number of rotatable bonds is 39. The summed E-state index contributed by atoms with van der Waals surface area (Å²) in [5.74, 6) is -0.805. The van der Waals surface area contributed by atoms with Crippen LogP contribution in [0.3, 0.4) is 0 Å². The number of ether oxygens (including phenoxy) is 2. The molecular formula is C41H80NO8P. The number of carbonyl (C=O) groups is 2. The fourth-order valence-corrected chi connectivity index (χ4v) is 6.54. The van der Waals surface area contributed by atoms with Gasteiger partial charge in [0.25, 0.3) is 0 Å². The molecule has 0 aliphatic rings. The largest absolute Gasteiger partial charge is 0.472 e. The normalized spacial score (nSPS) is 13.5. The SMILES string of the molecule is CCCCCCCC/C=C\CCCCCCCC(=O)OC[C@H](COP(=O)(O)OCCN(C)C)OC(=O)CCCCCCCCCCCCCCC. The number of allylic oxidation sites excluding steroid dienone is 2. The summed E-state index contributed by atoms with van der Waals surface area (Å²) in [6, 6.07) is 0. The predicted molar refractivity (Wildman–Crippen MR) is 211 cm³/mol. The van der Waals surface area contributed by atoms with Gasteiger partial charge >= 0.3 is 19.8 Å². The van der Waals surface area contributed by atoms with Gasteiger partial charge in [-0.25, -0.2) is 4.57 Å². The molecule has 0 saturated carbocycles. The van der Waals surface area contributed by atoms with E-state index < -0.39 is 26.5 Å². The maximum absolute atomic E-state index is 12.6. The topological polar surface area (TPSA) is 112 Å². The molecule has 0 aromatic rings. The molecule has 0 rings (SSSR count). The van der Waals surface area contributed by atoms with E-state index in [1.807, 2.05) is 19.0 Å².